The van der Waals surface area contributed by atoms with Crippen molar-refractivity contribution in [2.75, 3.05) is 0 Å². The minimum Gasteiger partial charge on any atom is -0.458 e. The third-order valence-corrected chi connectivity index (χ3v) is 7.39. The second kappa shape index (κ2) is 7.86. The first-order valence-corrected chi connectivity index (χ1v) is 12.3. The molecule has 0 radical (unpaired) electrons. The van der Waals surface area contributed by atoms with Crippen molar-refractivity contribution in [2.45, 2.75) is 20.8 Å². The number of benzene rings is 4. The number of aromatic nitrogens is 1. The Morgan fingerprint density at radius 2 is 1.31 bits per heavy atom. The summed E-state index contributed by atoms with van der Waals surface area (Å²) in [5.41, 5.74) is 11.4. The average Bonchev–Trinajstić information content (AvgIpc) is 2.89. The van der Waals surface area contributed by atoms with E-state index in [-0.39, 0.29) is 6.71 Å². The predicted molar refractivity (Wildman–Crippen MR) is 147 cm³/mol. The van der Waals surface area contributed by atoms with E-state index in [0.29, 0.717) is 0 Å². The molecule has 3 nitrogen and oxygen atoms in total. The molecule has 1 aromatic heterocycles. The van der Waals surface area contributed by atoms with E-state index in [1.807, 2.05) is 24.4 Å². The molecule has 7 rings (SSSR count). The van der Waals surface area contributed by atoms with Gasteiger partial charge in [0.25, 0.3) is 6.71 Å². The van der Waals surface area contributed by atoms with Crippen LogP contribution in [-0.4, -0.2) is 11.7 Å². The van der Waals surface area contributed by atoms with Crippen LogP contribution in [0.4, 0.5) is 0 Å². The van der Waals surface area contributed by atoms with Crippen LogP contribution >= 0.6 is 0 Å². The summed E-state index contributed by atoms with van der Waals surface area (Å²) in [6.07, 6.45) is 1.97. The van der Waals surface area contributed by atoms with Crippen molar-refractivity contribution in [1.29, 1.82) is 0 Å². The third-order valence-electron chi connectivity index (χ3n) is 7.39. The molecule has 0 spiro atoms. The highest BCUT2D eigenvalue weighted by Crippen LogP contribution is 2.41. The fourth-order valence-corrected chi connectivity index (χ4v) is 5.66. The number of fused-ring (bicyclic) bond motifs is 4. The molecule has 0 atom stereocenters. The molecular weight excluding hydrogens is 441 g/mol. The number of para-hydroxylation sites is 2. The lowest BCUT2D eigenvalue weighted by Crippen LogP contribution is -2.57. The summed E-state index contributed by atoms with van der Waals surface area (Å²) in [4.78, 5) is 4.87. The van der Waals surface area contributed by atoms with Crippen LogP contribution in [0.25, 0.3) is 22.4 Å². The minimum absolute atomic E-state index is 0.0501. The number of aryl methyl sites for hydroxylation is 3. The molecule has 36 heavy (non-hydrogen) atoms. The largest absolute Gasteiger partial charge is 0.458 e. The quantitative estimate of drug-likeness (QED) is 0.291. The van der Waals surface area contributed by atoms with E-state index in [0.717, 1.165) is 56.2 Å². The summed E-state index contributed by atoms with van der Waals surface area (Å²) < 4.78 is 13.0. The fraction of sp³-hybridized carbons (Fsp3) is 0.0938. The Kier molecular flexibility index (Phi) is 4.59. The van der Waals surface area contributed by atoms with Crippen LogP contribution in [0.15, 0.2) is 91.1 Å². The van der Waals surface area contributed by atoms with E-state index < -0.39 is 0 Å². The monoisotopic (exact) mass is 465 g/mol. The van der Waals surface area contributed by atoms with Crippen molar-refractivity contribution in [2.24, 2.45) is 0 Å². The van der Waals surface area contributed by atoms with Crippen LogP contribution in [0, 0.1) is 20.8 Å². The number of hydrogen-bond donors (Lipinski definition) is 0. The normalized spacial score (nSPS) is 12.7. The smallest absolute Gasteiger partial charge is 0.260 e. The molecule has 3 heterocycles. The van der Waals surface area contributed by atoms with Gasteiger partial charge in [-0.3, -0.25) is 4.98 Å². The van der Waals surface area contributed by atoms with Crippen LogP contribution in [0.5, 0.6) is 23.0 Å². The van der Waals surface area contributed by atoms with Gasteiger partial charge < -0.3 is 9.47 Å². The molecule has 0 aliphatic carbocycles. The van der Waals surface area contributed by atoms with Gasteiger partial charge in [0, 0.05) is 17.2 Å². The van der Waals surface area contributed by atoms with Gasteiger partial charge in [-0.15, -0.1) is 0 Å². The van der Waals surface area contributed by atoms with Crippen LogP contribution in [-0.2, 0) is 0 Å². The maximum absolute atomic E-state index is 6.62. The Bertz CT molecular complexity index is 1680. The van der Waals surface area contributed by atoms with Gasteiger partial charge in [-0.05, 0) is 84.3 Å². The number of nitrogens with zero attached hydrogens (tertiary/aromatic N) is 1. The molecule has 0 saturated heterocycles. The Balaban J connectivity index is 1.45. The lowest BCUT2D eigenvalue weighted by molar-refractivity contribution is 0.465. The SMILES string of the molecule is Cc1ccc(-c2cc(-c3ccc4c5c3Oc3ccccc3B5c3ccccc3O4)ncc2C)c(C)c1. The topological polar surface area (TPSA) is 31.4 Å². The maximum atomic E-state index is 6.62. The van der Waals surface area contributed by atoms with Crippen molar-refractivity contribution in [3.05, 3.63) is 108 Å². The third kappa shape index (κ3) is 3.11. The van der Waals surface area contributed by atoms with Crippen LogP contribution in [0.1, 0.15) is 16.7 Å². The molecule has 0 N–H and O–H groups in total. The Hall–Kier alpha value is -4.31. The molecule has 2 aliphatic heterocycles. The zero-order valence-electron chi connectivity index (χ0n) is 20.5. The van der Waals surface area contributed by atoms with Gasteiger partial charge in [0.2, 0.25) is 0 Å². The molecule has 4 aromatic carbocycles. The number of hydrogen-bond acceptors (Lipinski definition) is 3. The summed E-state index contributed by atoms with van der Waals surface area (Å²) in [6.45, 7) is 6.47. The summed E-state index contributed by atoms with van der Waals surface area (Å²) in [7, 11) is 0. The molecule has 0 bridgehead atoms. The predicted octanol–water partition coefficient (Wildman–Crippen LogP) is 6.07. The first kappa shape index (κ1) is 21.0. The van der Waals surface area contributed by atoms with Gasteiger partial charge >= 0.3 is 0 Å². The first-order valence-electron chi connectivity index (χ1n) is 12.3. The van der Waals surface area contributed by atoms with E-state index in [9.17, 15) is 0 Å². The van der Waals surface area contributed by atoms with Crippen LogP contribution < -0.4 is 25.9 Å². The molecule has 2 aliphatic rings. The molecular formula is C32H24BNO2. The second-order valence-corrected chi connectivity index (χ2v) is 9.77. The lowest BCUT2D eigenvalue weighted by atomic mass is 9.34. The number of ether oxygens (including phenoxy) is 2. The van der Waals surface area contributed by atoms with Crippen LogP contribution in [0.2, 0.25) is 0 Å². The highest BCUT2D eigenvalue weighted by atomic mass is 16.5. The van der Waals surface area contributed by atoms with E-state index in [2.05, 4.69) is 87.5 Å². The molecule has 5 aromatic rings. The highest BCUT2D eigenvalue weighted by molar-refractivity contribution is 6.98. The van der Waals surface area contributed by atoms with Gasteiger partial charge in [-0.2, -0.15) is 0 Å². The Morgan fingerprint density at radius 1 is 0.611 bits per heavy atom. The van der Waals surface area contributed by atoms with Crippen molar-refractivity contribution in [3.8, 4) is 45.4 Å². The van der Waals surface area contributed by atoms with Crippen molar-refractivity contribution < 1.29 is 9.47 Å². The van der Waals surface area contributed by atoms with E-state index in [4.69, 9.17) is 14.5 Å². The zero-order chi connectivity index (χ0) is 24.4. The molecule has 0 unspecified atom stereocenters. The standard InChI is InChI=1S/C32H24BNO2/c1-19-12-13-22(20(2)16-19)24-17-27(34-18-21(24)3)23-14-15-30-31-32(23)36-29-11-7-5-9-26(29)33(31)25-8-4-6-10-28(25)35-30/h4-18H,1-3H3. The highest BCUT2D eigenvalue weighted by Gasteiger charge is 2.41. The first-order chi connectivity index (χ1) is 17.6. The van der Waals surface area contributed by atoms with Crippen molar-refractivity contribution in [1.82, 2.24) is 4.98 Å². The lowest BCUT2D eigenvalue weighted by Gasteiger charge is -2.33. The fourth-order valence-electron chi connectivity index (χ4n) is 5.66. The summed E-state index contributed by atoms with van der Waals surface area (Å²) in [5.74, 6) is 3.45. The average molecular weight is 465 g/mol. The molecule has 0 saturated carbocycles. The molecule has 0 fully saturated rings. The Labute approximate surface area is 211 Å². The number of rotatable bonds is 2. The maximum Gasteiger partial charge on any atom is 0.260 e. The van der Waals surface area contributed by atoms with Gasteiger partial charge in [0.15, 0.2) is 0 Å². The molecule has 172 valence electrons. The van der Waals surface area contributed by atoms with Gasteiger partial charge in [0.05, 0.1) is 5.69 Å². The number of pyridine rings is 1. The van der Waals surface area contributed by atoms with Crippen LogP contribution in [0.3, 0.4) is 0 Å². The van der Waals surface area contributed by atoms with Gasteiger partial charge in [0.1, 0.15) is 23.0 Å². The zero-order valence-corrected chi connectivity index (χ0v) is 20.5. The van der Waals surface area contributed by atoms with Gasteiger partial charge in [-0.1, -0.05) is 60.2 Å². The van der Waals surface area contributed by atoms with Crippen molar-refractivity contribution in [3.63, 3.8) is 0 Å². The van der Waals surface area contributed by atoms with E-state index in [1.54, 1.807) is 0 Å². The summed E-state index contributed by atoms with van der Waals surface area (Å²) in [5, 5.41) is 0. The Morgan fingerprint density at radius 3 is 2.06 bits per heavy atom. The molecule has 4 heteroatoms. The second-order valence-electron chi connectivity index (χ2n) is 9.77. The summed E-state index contributed by atoms with van der Waals surface area (Å²) >= 11 is 0. The minimum atomic E-state index is 0.0501. The summed E-state index contributed by atoms with van der Waals surface area (Å²) in [6, 6.07) is 29.6. The van der Waals surface area contributed by atoms with Crippen molar-refractivity contribution >= 4 is 23.1 Å². The van der Waals surface area contributed by atoms with Gasteiger partial charge in [-0.25, -0.2) is 0 Å². The molecule has 0 amide bonds. The van der Waals surface area contributed by atoms with E-state index >= 15 is 0 Å². The van der Waals surface area contributed by atoms with E-state index in [1.165, 1.54) is 22.3 Å².